The maximum absolute atomic E-state index is 12.8. The minimum Gasteiger partial charge on any atom is -0.465 e. The Bertz CT molecular complexity index is 1210. The van der Waals surface area contributed by atoms with Crippen molar-refractivity contribution in [3.63, 3.8) is 0 Å². The largest absolute Gasteiger partial charge is 0.465 e. The van der Waals surface area contributed by atoms with E-state index in [1.807, 2.05) is 0 Å². The number of carbonyl (C=O) groups is 4. The molecule has 154 valence electrons. The molecule has 0 saturated heterocycles. The second kappa shape index (κ2) is 8.20. The molecule has 0 saturated carbocycles. The average Bonchev–Trinajstić information content (AvgIpc) is 2.79. The molecular formula is C22H18O8. The summed E-state index contributed by atoms with van der Waals surface area (Å²) in [5.41, 5.74) is -1.28. The first-order valence-corrected chi connectivity index (χ1v) is 8.75. The van der Waals surface area contributed by atoms with Crippen LogP contribution >= 0.6 is 0 Å². The van der Waals surface area contributed by atoms with Gasteiger partial charge in [-0.15, -0.1) is 0 Å². The van der Waals surface area contributed by atoms with E-state index < -0.39 is 35.0 Å². The quantitative estimate of drug-likeness (QED) is 0.367. The van der Waals surface area contributed by atoms with E-state index in [9.17, 15) is 19.2 Å². The molecule has 3 rings (SSSR count). The average molecular weight is 410 g/mol. The highest BCUT2D eigenvalue weighted by molar-refractivity contribution is 6.28. The zero-order valence-electron chi connectivity index (χ0n) is 16.7. The van der Waals surface area contributed by atoms with Crippen molar-refractivity contribution in [1.82, 2.24) is 0 Å². The minimum absolute atomic E-state index is 0.204. The molecule has 0 atom stereocenters. The van der Waals surface area contributed by atoms with Crippen molar-refractivity contribution in [1.29, 1.82) is 0 Å². The summed E-state index contributed by atoms with van der Waals surface area (Å²) in [6.45, 7) is 0. The van der Waals surface area contributed by atoms with Gasteiger partial charge in [0.05, 0.1) is 50.7 Å². The number of benzene rings is 3. The van der Waals surface area contributed by atoms with E-state index in [-0.39, 0.29) is 21.9 Å². The Hall–Kier alpha value is -3.94. The van der Waals surface area contributed by atoms with Crippen LogP contribution in [-0.2, 0) is 18.9 Å². The molecule has 0 unspecified atom stereocenters. The lowest BCUT2D eigenvalue weighted by atomic mass is 9.86. The highest BCUT2D eigenvalue weighted by Crippen LogP contribution is 2.37. The fraction of sp³-hybridized carbons (Fsp3) is 0.182. The molecule has 0 spiro atoms. The van der Waals surface area contributed by atoms with Gasteiger partial charge in [0.15, 0.2) is 0 Å². The normalized spacial score (nSPS) is 10.5. The summed E-state index contributed by atoms with van der Waals surface area (Å²) >= 11 is 0. The Morgan fingerprint density at radius 2 is 1.00 bits per heavy atom. The molecule has 0 fully saturated rings. The Morgan fingerprint density at radius 3 is 1.57 bits per heavy atom. The van der Waals surface area contributed by atoms with E-state index in [2.05, 4.69) is 0 Å². The highest BCUT2D eigenvalue weighted by atomic mass is 16.5. The monoisotopic (exact) mass is 410 g/mol. The summed E-state index contributed by atoms with van der Waals surface area (Å²) in [4.78, 5) is 51.0. The third kappa shape index (κ3) is 3.12. The van der Waals surface area contributed by atoms with Crippen molar-refractivity contribution in [3.05, 3.63) is 58.7 Å². The first kappa shape index (κ1) is 20.8. The molecule has 0 radical (unpaired) electrons. The maximum Gasteiger partial charge on any atom is 0.339 e. The van der Waals surface area contributed by atoms with Crippen LogP contribution in [0.5, 0.6) is 0 Å². The van der Waals surface area contributed by atoms with Gasteiger partial charge in [0.25, 0.3) is 0 Å². The summed E-state index contributed by atoms with van der Waals surface area (Å²) in [7, 11) is 4.47. The molecule has 8 nitrogen and oxygen atoms in total. The first-order chi connectivity index (χ1) is 14.4. The van der Waals surface area contributed by atoms with E-state index in [1.54, 1.807) is 36.4 Å². The number of fused-ring (bicyclic) bond motifs is 3. The highest BCUT2D eigenvalue weighted by Gasteiger charge is 2.35. The van der Waals surface area contributed by atoms with Gasteiger partial charge < -0.3 is 18.9 Å². The van der Waals surface area contributed by atoms with Crippen LogP contribution in [0, 0.1) is 0 Å². The second-order valence-corrected chi connectivity index (χ2v) is 6.18. The first-order valence-electron chi connectivity index (χ1n) is 8.75. The van der Waals surface area contributed by atoms with Gasteiger partial charge in [0.2, 0.25) is 0 Å². The molecule has 0 amide bonds. The summed E-state index contributed by atoms with van der Waals surface area (Å²) < 4.78 is 19.4. The van der Waals surface area contributed by atoms with Crippen LogP contribution in [-0.4, -0.2) is 52.3 Å². The fourth-order valence-corrected chi connectivity index (χ4v) is 3.49. The van der Waals surface area contributed by atoms with Crippen LogP contribution in [0.2, 0.25) is 0 Å². The molecule has 8 heteroatoms. The third-order valence-corrected chi connectivity index (χ3v) is 4.76. The number of esters is 4. The SMILES string of the molecule is COC(=O)c1c(C(=O)OC)c(C(=O)OC)c2c(ccc3ccccc32)c1C(=O)OC. The second-order valence-electron chi connectivity index (χ2n) is 6.18. The van der Waals surface area contributed by atoms with Crippen molar-refractivity contribution in [3.8, 4) is 0 Å². The third-order valence-electron chi connectivity index (χ3n) is 4.76. The molecule has 0 aliphatic carbocycles. The van der Waals surface area contributed by atoms with Gasteiger partial charge in [0.1, 0.15) is 0 Å². The molecule has 0 aromatic heterocycles. The van der Waals surface area contributed by atoms with E-state index in [0.717, 1.165) is 33.8 Å². The lowest BCUT2D eigenvalue weighted by molar-refractivity contribution is 0.0524. The van der Waals surface area contributed by atoms with Crippen molar-refractivity contribution < 1.29 is 38.1 Å². The number of methoxy groups -OCH3 is 4. The lowest BCUT2D eigenvalue weighted by Gasteiger charge is -2.19. The number of ether oxygens (including phenoxy) is 4. The summed E-state index contributed by atoms with van der Waals surface area (Å²) in [6.07, 6.45) is 0. The zero-order valence-corrected chi connectivity index (χ0v) is 16.7. The molecule has 30 heavy (non-hydrogen) atoms. The Kier molecular flexibility index (Phi) is 5.68. The Balaban J connectivity index is 2.76. The van der Waals surface area contributed by atoms with Crippen molar-refractivity contribution >= 4 is 45.4 Å². The fourth-order valence-electron chi connectivity index (χ4n) is 3.49. The van der Waals surface area contributed by atoms with Gasteiger partial charge in [-0.3, -0.25) is 0 Å². The van der Waals surface area contributed by atoms with Crippen LogP contribution in [0.15, 0.2) is 36.4 Å². The molecule has 3 aromatic carbocycles. The van der Waals surface area contributed by atoms with Gasteiger partial charge in [-0.05, 0) is 16.2 Å². The molecule has 0 aliphatic heterocycles. The number of hydrogen-bond donors (Lipinski definition) is 0. The van der Waals surface area contributed by atoms with E-state index in [1.165, 1.54) is 0 Å². The molecule has 0 N–H and O–H groups in total. The Morgan fingerprint density at radius 1 is 0.533 bits per heavy atom. The predicted molar refractivity (Wildman–Crippen MR) is 107 cm³/mol. The Labute approximate surface area is 171 Å². The summed E-state index contributed by atoms with van der Waals surface area (Å²) in [5.74, 6) is -3.76. The van der Waals surface area contributed by atoms with Crippen molar-refractivity contribution in [2.75, 3.05) is 28.4 Å². The van der Waals surface area contributed by atoms with Crippen LogP contribution in [0.25, 0.3) is 21.5 Å². The number of carbonyl (C=O) groups excluding carboxylic acids is 4. The van der Waals surface area contributed by atoms with Crippen LogP contribution < -0.4 is 0 Å². The zero-order chi connectivity index (χ0) is 22.0. The number of hydrogen-bond acceptors (Lipinski definition) is 8. The molecule has 0 heterocycles. The van der Waals surface area contributed by atoms with Gasteiger partial charge in [-0.25, -0.2) is 19.2 Å². The number of rotatable bonds is 4. The summed E-state index contributed by atoms with van der Waals surface area (Å²) in [5, 5.41) is 1.80. The van der Waals surface area contributed by atoms with E-state index >= 15 is 0 Å². The van der Waals surface area contributed by atoms with Crippen LogP contribution in [0.4, 0.5) is 0 Å². The van der Waals surface area contributed by atoms with Gasteiger partial charge >= 0.3 is 23.9 Å². The van der Waals surface area contributed by atoms with Gasteiger partial charge in [-0.2, -0.15) is 0 Å². The summed E-state index contributed by atoms with van der Waals surface area (Å²) in [6, 6.07) is 10.4. The van der Waals surface area contributed by atoms with Crippen molar-refractivity contribution in [2.45, 2.75) is 0 Å². The van der Waals surface area contributed by atoms with Gasteiger partial charge in [-0.1, -0.05) is 36.4 Å². The minimum atomic E-state index is -1.00. The standard InChI is InChI=1S/C22H18O8/c1-27-19(23)15-13-10-9-11-7-5-6-8-12(11)14(13)16(20(24)28-2)18(22(26)30-4)17(15)21(25)29-3/h5-10H,1-4H3. The van der Waals surface area contributed by atoms with Gasteiger partial charge in [0, 0.05) is 5.39 Å². The van der Waals surface area contributed by atoms with E-state index in [0.29, 0.717) is 5.39 Å². The van der Waals surface area contributed by atoms with Crippen LogP contribution in [0.3, 0.4) is 0 Å². The lowest BCUT2D eigenvalue weighted by Crippen LogP contribution is -2.23. The molecule has 3 aromatic rings. The predicted octanol–water partition coefficient (Wildman–Crippen LogP) is 3.14. The molecule has 0 bridgehead atoms. The molecule has 0 aliphatic rings. The smallest absolute Gasteiger partial charge is 0.339 e. The van der Waals surface area contributed by atoms with E-state index in [4.69, 9.17) is 18.9 Å². The van der Waals surface area contributed by atoms with Crippen molar-refractivity contribution in [2.24, 2.45) is 0 Å². The topological polar surface area (TPSA) is 105 Å². The van der Waals surface area contributed by atoms with Crippen LogP contribution in [0.1, 0.15) is 41.4 Å². The molecular weight excluding hydrogens is 392 g/mol. The maximum atomic E-state index is 12.8.